The zero-order valence-electron chi connectivity index (χ0n) is 23.2. The highest BCUT2D eigenvalue weighted by molar-refractivity contribution is 6.01. The fourth-order valence-electron chi connectivity index (χ4n) is 4.40. The highest BCUT2D eigenvalue weighted by atomic mass is 16.6. The Labute approximate surface area is 228 Å². The maximum absolute atomic E-state index is 13.4. The molecule has 5 atom stereocenters. The van der Waals surface area contributed by atoms with Gasteiger partial charge in [-0.15, -0.1) is 0 Å². The first-order chi connectivity index (χ1) is 18.5. The highest BCUT2D eigenvalue weighted by Gasteiger charge is 2.44. The summed E-state index contributed by atoms with van der Waals surface area (Å²) in [5, 5.41) is 15.1. The molecule has 1 aliphatic rings. The fraction of sp³-hybridized carbons (Fsp3) is 0.607. The van der Waals surface area contributed by atoms with Gasteiger partial charge in [-0.2, -0.15) is 0 Å². The van der Waals surface area contributed by atoms with Crippen LogP contribution in [-0.4, -0.2) is 59.7 Å². The summed E-state index contributed by atoms with van der Waals surface area (Å²) in [4.78, 5) is 62.9. The molecule has 1 aromatic rings. The summed E-state index contributed by atoms with van der Waals surface area (Å²) in [6.45, 7) is 8.77. The smallest absolute Gasteiger partial charge is 0.332 e. The zero-order valence-corrected chi connectivity index (χ0v) is 23.2. The number of carbonyl (C=O) groups excluding carboxylic acids is 5. The van der Waals surface area contributed by atoms with Crippen LogP contribution in [0.2, 0.25) is 0 Å². The SMILES string of the molecule is CCCCCC[C@@H]1C(=O)O[C@H](C)[C@@H](NC(=O)c2cccc(NC=O)c2O)C(=O)O[C@@H](C)[C@@H]1OC(=O)CC(C)C. The molecule has 0 bridgehead atoms. The van der Waals surface area contributed by atoms with Gasteiger partial charge in [-0.25, -0.2) is 4.79 Å². The second-order valence-electron chi connectivity index (χ2n) is 10.2. The molecule has 1 heterocycles. The number of para-hydroxylation sites is 1. The van der Waals surface area contributed by atoms with Crippen LogP contribution in [0.1, 0.15) is 83.5 Å². The Bertz CT molecular complexity index is 1030. The molecule has 2 rings (SSSR count). The van der Waals surface area contributed by atoms with E-state index in [0.29, 0.717) is 19.3 Å². The van der Waals surface area contributed by atoms with E-state index in [4.69, 9.17) is 14.2 Å². The molecule has 0 radical (unpaired) electrons. The minimum atomic E-state index is -1.42. The number of carbonyl (C=O) groups is 5. The predicted molar refractivity (Wildman–Crippen MR) is 142 cm³/mol. The van der Waals surface area contributed by atoms with E-state index in [0.717, 1.165) is 19.3 Å². The van der Waals surface area contributed by atoms with Crippen molar-refractivity contribution in [3.63, 3.8) is 0 Å². The molecule has 11 nitrogen and oxygen atoms in total. The van der Waals surface area contributed by atoms with Gasteiger partial charge >= 0.3 is 17.9 Å². The molecule has 39 heavy (non-hydrogen) atoms. The summed E-state index contributed by atoms with van der Waals surface area (Å²) in [7, 11) is 0. The van der Waals surface area contributed by atoms with Crippen LogP contribution >= 0.6 is 0 Å². The predicted octanol–water partition coefficient (Wildman–Crippen LogP) is 3.48. The summed E-state index contributed by atoms with van der Waals surface area (Å²) >= 11 is 0. The number of nitrogens with one attached hydrogen (secondary N) is 2. The number of phenolic OH excluding ortho intramolecular Hbond substituents is 1. The van der Waals surface area contributed by atoms with Crippen LogP contribution in [0.5, 0.6) is 5.75 Å². The molecule has 2 amide bonds. The normalized spacial score (nSPS) is 23.5. The molecule has 1 aromatic carbocycles. The lowest BCUT2D eigenvalue weighted by atomic mass is 9.92. The average molecular weight is 549 g/mol. The minimum absolute atomic E-state index is 0.000221. The number of aromatic hydroxyl groups is 1. The van der Waals surface area contributed by atoms with Crippen molar-refractivity contribution in [2.45, 2.75) is 97.5 Å². The number of esters is 3. The molecule has 0 saturated carbocycles. The Morgan fingerprint density at radius 2 is 1.77 bits per heavy atom. The Balaban J connectivity index is 2.33. The molecule has 3 N–H and O–H groups in total. The van der Waals surface area contributed by atoms with Gasteiger partial charge in [0.1, 0.15) is 12.2 Å². The van der Waals surface area contributed by atoms with Crippen LogP contribution in [0.25, 0.3) is 0 Å². The van der Waals surface area contributed by atoms with Gasteiger partial charge in [-0.1, -0.05) is 52.5 Å². The quantitative estimate of drug-likeness (QED) is 0.117. The summed E-state index contributed by atoms with van der Waals surface area (Å²) in [5.74, 6) is -4.26. The summed E-state index contributed by atoms with van der Waals surface area (Å²) in [6, 6.07) is 2.71. The van der Waals surface area contributed by atoms with Gasteiger partial charge in [-0.05, 0) is 38.3 Å². The van der Waals surface area contributed by atoms with Crippen LogP contribution in [0, 0.1) is 11.8 Å². The van der Waals surface area contributed by atoms with Crippen molar-refractivity contribution in [2.24, 2.45) is 11.8 Å². The number of hydrogen-bond acceptors (Lipinski definition) is 9. The van der Waals surface area contributed by atoms with Gasteiger partial charge in [0.2, 0.25) is 6.41 Å². The van der Waals surface area contributed by atoms with Crippen molar-refractivity contribution >= 4 is 35.9 Å². The van der Waals surface area contributed by atoms with Crippen LogP contribution < -0.4 is 10.6 Å². The van der Waals surface area contributed by atoms with Gasteiger partial charge in [0, 0.05) is 6.42 Å². The molecule has 216 valence electrons. The van der Waals surface area contributed by atoms with Crippen LogP contribution in [0.15, 0.2) is 18.2 Å². The fourth-order valence-corrected chi connectivity index (χ4v) is 4.40. The van der Waals surface area contributed by atoms with E-state index in [1.165, 1.54) is 32.0 Å². The first-order valence-corrected chi connectivity index (χ1v) is 13.4. The number of unbranched alkanes of at least 4 members (excludes halogenated alkanes) is 3. The average Bonchev–Trinajstić information content (AvgIpc) is 2.88. The first kappa shape index (κ1) is 31.6. The second-order valence-corrected chi connectivity index (χ2v) is 10.2. The summed E-state index contributed by atoms with van der Waals surface area (Å²) in [6.07, 6.45) is 1.17. The van der Waals surface area contributed by atoms with E-state index in [2.05, 4.69) is 17.6 Å². The molecule has 11 heteroatoms. The Kier molecular flexibility index (Phi) is 12.2. The molecule has 1 fully saturated rings. The topological polar surface area (TPSA) is 157 Å². The maximum Gasteiger partial charge on any atom is 0.332 e. The standard InChI is InChI=1S/C28H40N2O9/c1-6-7-8-9-11-20-25(39-22(32)14-16(2)3)18(5)38-28(36)23(17(4)37-27(20)35)30-26(34)19-12-10-13-21(24(19)33)29-15-31/h10,12-13,15-18,20,23,25,33H,6-9,11,14H2,1-5H3,(H,29,31)(H,30,34)/t17-,18+,20+,23-,25+/m1/s1. The second kappa shape index (κ2) is 15.1. The van der Waals surface area contributed by atoms with Crippen LogP contribution in [0.4, 0.5) is 5.69 Å². The van der Waals surface area contributed by atoms with Crippen LogP contribution in [0.3, 0.4) is 0 Å². The van der Waals surface area contributed by atoms with Crippen molar-refractivity contribution in [1.82, 2.24) is 5.32 Å². The molecular formula is C28H40N2O9. The molecule has 1 aliphatic heterocycles. The van der Waals surface area contributed by atoms with Gasteiger partial charge in [0.15, 0.2) is 17.9 Å². The number of benzene rings is 1. The van der Waals surface area contributed by atoms with Crippen molar-refractivity contribution in [3.05, 3.63) is 23.8 Å². The van der Waals surface area contributed by atoms with E-state index in [1.807, 2.05) is 13.8 Å². The lowest BCUT2D eigenvalue weighted by molar-refractivity contribution is -0.175. The van der Waals surface area contributed by atoms with E-state index < -0.39 is 59.8 Å². The molecular weight excluding hydrogens is 508 g/mol. The third kappa shape index (κ3) is 8.97. The van der Waals surface area contributed by atoms with Crippen molar-refractivity contribution < 1.29 is 43.3 Å². The third-order valence-corrected chi connectivity index (χ3v) is 6.48. The van der Waals surface area contributed by atoms with E-state index in [9.17, 15) is 29.1 Å². The Hall–Kier alpha value is -3.63. The molecule has 1 saturated heterocycles. The van der Waals surface area contributed by atoms with Gasteiger partial charge < -0.3 is 30.0 Å². The zero-order chi connectivity index (χ0) is 29.1. The van der Waals surface area contributed by atoms with E-state index >= 15 is 0 Å². The lowest BCUT2D eigenvalue weighted by Gasteiger charge is -2.29. The monoisotopic (exact) mass is 548 g/mol. The summed E-state index contributed by atoms with van der Waals surface area (Å²) in [5.41, 5.74) is -0.213. The number of rotatable bonds is 12. The number of ether oxygens (including phenoxy) is 3. The first-order valence-electron chi connectivity index (χ1n) is 13.4. The molecule has 0 aromatic heterocycles. The molecule has 0 unspecified atom stereocenters. The van der Waals surface area contributed by atoms with Crippen LogP contribution in [-0.2, 0) is 33.4 Å². The summed E-state index contributed by atoms with van der Waals surface area (Å²) < 4.78 is 16.9. The van der Waals surface area contributed by atoms with Gasteiger partial charge in [-0.3, -0.25) is 19.2 Å². The number of hydrogen-bond donors (Lipinski definition) is 3. The number of anilines is 1. The van der Waals surface area contributed by atoms with E-state index in [-0.39, 0.29) is 23.6 Å². The third-order valence-electron chi connectivity index (χ3n) is 6.48. The van der Waals surface area contributed by atoms with Crippen molar-refractivity contribution in [2.75, 3.05) is 5.32 Å². The molecule has 0 aliphatic carbocycles. The van der Waals surface area contributed by atoms with E-state index in [1.54, 1.807) is 0 Å². The van der Waals surface area contributed by atoms with Gasteiger partial charge in [0.25, 0.3) is 5.91 Å². The number of amides is 2. The Morgan fingerprint density at radius 1 is 1.08 bits per heavy atom. The highest BCUT2D eigenvalue weighted by Crippen LogP contribution is 2.29. The number of phenols is 1. The molecule has 0 spiro atoms. The largest absolute Gasteiger partial charge is 0.505 e. The maximum atomic E-state index is 13.4. The van der Waals surface area contributed by atoms with Crippen molar-refractivity contribution in [3.8, 4) is 5.75 Å². The number of cyclic esters (lactones) is 2. The van der Waals surface area contributed by atoms with Crippen molar-refractivity contribution in [1.29, 1.82) is 0 Å². The minimum Gasteiger partial charge on any atom is -0.505 e. The Morgan fingerprint density at radius 3 is 2.41 bits per heavy atom. The van der Waals surface area contributed by atoms with Gasteiger partial charge in [0.05, 0.1) is 17.2 Å². The lowest BCUT2D eigenvalue weighted by Crippen LogP contribution is -2.50.